The van der Waals surface area contributed by atoms with Gasteiger partial charge in [0.05, 0.1) is 12.1 Å². The van der Waals surface area contributed by atoms with Gasteiger partial charge in [-0.1, -0.05) is 53.0 Å². The van der Waals surface area contributed by atoms with E-state index in [2.05, 4.69) is 10.3 Å². The number of hydrogen-bond donors (Lipinski definition) is 2. The number of anilines is 2. The number of hydrogen-bond acceptors (Lipinski definition) is 4. The lowest BCUT2D eigenvalue weighted by Gasteiger charge is -2.04. The number of nitrogens with one attached hydrogen (secondary N) is 1. The largest absolute Gasteiger partial charge is 0.481 e. The van der Waals surface area contributed by atoms with E-state index < -0.39 is 5.97 Å². The van der Waals surface area contributed by atoms with Gasteiger partial charge in [0.15, 0.2) is 5.13 Å². The number of thiazole rings is 1. The Morgan fingerprint density at radius 2 is 1.80 bits per heavy atom. The topological polar surface area (TPSA) is 62.2 Å². The molecule has 7 heteroatoms. The number of nitrogens with zero attached hydrogens (tertiary/aromatic N) is 1. The fourth-order valence-electron chi connectivity index (χ4n) is 2.35. The van der Waals surface area contributed by atoms with Crippen molar-refractivity contribution in [3.05, 3.63) is 63.0 Å². The highest BCUT2D eigenvalue weighted by Gasteiger charge is 2.16. The van der Waals surface area contributed by atoms with Gasteiger partial charge in [-0.05, 0) is 25.1 Å². The van der Waals surface area contributed by atoms with Crippen molar-refractivity contribution < 1.29 is 9.90 Å². The molecule has 0 aliphatic rings. The first-order valence-corrected chi connectivity index (χ1v) is 8.99. The molecule has 2 aromatic carbocycles. The third-order valence-electron chi connectivity index (χ3n) is 3.45. The highest BCUT2D eigenvalue weighted by molar-refractivity contribution is 7.16. The summed E-state index contributed by atoms with van der Waals surface area (Å²) < 4.78 is 0. The molecule has 0 amide bonds. The Labute approximate surface area is 159 Å². The maximum atomic E-state index is 11.2. The molecule has 0 radical (unpaired) electrons. The van der Waals surface area contributed by atoms with Crippen LogP contribution >= 0.6 is 34.5 Å². The number of carbonyl (C=O) groups is 1. The molecule has 3 rings (SSSR count). The monoisotopic (exact) mass is 392 g/mol. The van der Waals surface area contributed by atoms with Gasteiger partial charge in [0.25, 0.3) is 0 Å². The summed E-state index contributed by atoms with van der Waals surface area (Å²) in [5.41, 5.74) is 3.38. The third kappa shape index (κ3) is 4.51. The van der Waals surface area contributed by atoms with Crippen molar-refractivity contribution in [3.63, 3.8) is 0 Å². The van der Waals surface area contributed by atoms with E-state index in [1.54, 1.807) is 18.2 Å². The highest BCUT2D eigenvalue weighted by atomic mass is 35.5. The molecule has 128 valence electrons. The second-order valence-electron chi connectivity index (χ2n) is 5.51. The summed E-state index contributed by atoms with van der Waals surface area (Å²) in [4.78, 5) is 16.4. The van der Waals surface area contributed by atoms with Crippen molar-refractivity contribution in [2.75, 3.05) is 5.32 Å². The molecule has 0 unspecified atom stereocenters. The number of aryl methyl sites for hydroxylation is 1. The fourth-order valence-corrected chi connectivity index (χ4v) is 3.87. The lowest BCUT2D eigenvalue weighted by Crippen LogP contribution is -1.99. The minimum Gasteiger partial charge on any atom is -0.481 e. The van der Waals surface area contributed by atoms with Crippen molar-refractivity contribution >= 4 is 51.3 Å². The quantitative estimate of drug-likeness (QED) is 0.576. The zero-order chi connectivity index (χ0) is 18.0. The van der Waals surface area contributed by atoms with Gasteiger partial charge in [-0.2, -0.15) is 0 Å². The molecule has 0 saturated carbocycles. The van der Waals surface area contributed by atoms with E-state index in [-0.39, 0.29) is 6.42 Å². The minimum absolute atomic E-state index is 0.0845. The Hall–Kier alpha value is -2.08. The molecule has 0 saturated heterocycles. The van der Waals surface area contributed by atoms with Crippen molar-refractivity contribution in [1.82, 2.24) is 4.98 Å². The van der Waals surface area contributed by atoms with E-state index >= 15 is 0 Å². The van der Waals surface area contributed by atoms with Gasteiger partial charge in [-0.25, -0.2) is 4.98 Å². The maximum absolute atomic E-state index is 11.2. The Bertz CT molecular complexity index is 903. The average molecular weight is 393 g/mol. The van der Waals surface area contributed by atoms with E-state index in [4.69, 9.17) is 23.2 Å². The predicted octanol–water partition coefficient (Wildman–Crippen LogP) is 5.80. The number of carboxylic acids is 1. The summed E-state index contributed by atoms with van der Waals surface area (Å²) in [7, 11) is 0. The van der Waals surface area contributed by atoms with E-state index in [0.29, 0.717) is 31.4 Å². The van der Waals surface area contributed by atoms with E-state index in [9.17, 15) is 9.90 Å². The molecule has 0 aliphatic heterocycles. The first kappa shape index (κ1) is 17.7. The highest BCUT2D eigenvalue weighted by Crippen LogP contribution is 2.34. The van der Waals surface area contributed by atoms with Crippen LogP contribution in [0.25, 0.3) is 11.3 Å². The van der Waals surface area contributed by atoms with E-state index in [0.717, 1.165) is 11.1 Å². The first-order valence-electron chi connectivity index (χ1n) is 7.42. The molecule has 3 aromatic rings. The summed E-state index contributed by atoms with van der Waals surface area (Å²) in [6.07, 6.45) is -0.0845. The van der Waals surface area contributed by atoms with Crippen LogP contribution in [0.3, 0.4) is 0 Å². The van der Waals surface area contributed by atoms with Crippen LogP contribution in [-0.4, -0.2) is 16.1 Å². The second kappa shape index (κ2) is 7.44. The van der Waals surface area contributed by atoms with Crippen molar-refractivity contribution in [1.29, 1.82) is 0 Å². The molecule has 1 heterocycles. The van der Waals surface area contributed by atoms with Crippen molar-refractivity contribution in [2.24, 2.45) is 0 Å². The molecule has 0 bridgehead atoms. The maximum Gasteiger partial charge on any atom is 0.308 e. The molecular formula is C18H14Cl2N2O2S. The van der Waals surface area contributed by atoms with Crippen LogP contribution in [0.4, 0.5) is 10.8 Å². The molecule has 1 aromatic heterocycles. The molecular weight excluding hydrogens is 379 g/mol. The smallest absolute Gasteiger partial charge is 0.308 e. The number of benzene rings is 2. The van der Waals surface area contributed by atoms with E-state index in [1.165, 1.54) is 11.3 Å². The minimum atomic E-state index is -0.894. The van der Waals surface area contributed by atoms with Crippen LogP contribution < -0.4 is 5.32 Å². The van der Waals surface area contributed by atoms with Crippen LogP contribution in [-0.2, 0) is 11.2 Å². The Balaban J connectivity index is 1.97. The first-order chi connectivity index (χ1) is 11.9. The number of aromatic nitrogens is 1. The molecule has 0 atom stereocenters. The van der Waals surface area contributed by atoms with Gasteiger partial charge >= 0.3 is 5.97 Å². The summed E-state index contributed by atoms with van der Waals surface area (Å²) >= 11 is 13.3. The standard InChI is InChI=1S/C18H14Cl2N2O2S/c1-10-2-4-11(5-3-10)17-15(9-16(23)24)25-18(22-17)21-14-7-12(19)6-13(20)8-14/h2-8H,9H2,1H3,(H,21,22)(H,23,24). The number of aliphatic carboxylic acids is 1. The summed E-state index contributed by atoms with van der Waals surface area (Å²) in [5, 5.41) is 13.9. The zero-order valence-corrected chi connectivity index (χ0v) is 15.5. The summed E-state index contributed by atoms with van der Waals surface area (Å²) in [6, 6.07) is 12.9. The molecule has 0 aliphatic carbocycles. The molecule has 2 N–H and O–H groups in total. The molecule has 4 nitrogen and oxygen atoms in total. The Morgan fingerprint density at radius 3 is 2.40 bits per heavy atom. The van der Waals surface area contributed by atoms with Gasteiger partial charge < -0.3 is 10.4 Å². The summed E-state index contributed by atoms with van der Waals surface area (Å²) in [6.45, 7) is 2.00. The van der Waals surface area contributed by atoms with Gasteiger partial charge in [0.1, 0.15) is 0 Å². The third-order valence-corrected chi connectivity index (χ3v) is 4.86. The molecule has 25 heavy (non-hydrogen) atoms. The average Bonchev–Trinajstić information content (AvgIpc) is 2.88. The number of halogens is 2. The normalized spacial score (nSPS) is 10.7. The zero-order valence-electron chi connectivity index (χ0n) is 13.2. The number of carboxylic acid groups (broad SMARTS) is 1. The van der Waals surface area contributed by atoms with E-state index in [1.807, 2.05) is 31.2 Å². The van der Waals surface area contributed by atoms with Crippen LogP contribution in [0.5, 0.6) is 0 Å². The van der Waals surface area contributed by atoms with Crippen molar-refractivity contribution in [3.8, 4) is 11.3 Å². The lowest BCUT2D eigenvalue weighted by atomic mass is 10.1. The molecule has 0 fully saturated rings. The Morgan fingerprint density at radius 1 is 1.16 bits per heavy atom. The lowest BCUT2D eigenvalue weighted by molar-refractivity contribution is -0.136. The number of rotatable bonds is 5. The van der Waals surface area contributed by atoms with Crippen LogP contribution in [0.15, 0.2) is 42.5 Å². The van der Waals surface area contributed by atoms with Gasteiger partial charge in [-0.15, -0.1) is 11.3 Å². The van der Waals surface area contributed by atoms with Gasteiger partial charge in [0, 0.05) is 26.2 Å². The van der Waals surface area contributed by atoms with Crippen LogP contribution in [0, 0.1) is 6.92 Å². The second-order valence-corrected chi connectivity index (χ2v) is 7.47. The fraction of sp³-hybridized carbons (Fsp3) is 0.111. The predicted molar refractivity (Wildman–Crippen MR) is 103 cm³/mol. The Kier molecular flexibility index (Phi) is 5.27. The summed E-state index contributed by atoms with van der Waals surface area (Å²) in [5.74, 6) is -0.894. The van der Waals surface area contributed by atoms with Crippen molar-refractivity contribution in [2.45, 2.75) is 13.3 Å². The van der Waals surface area contributed by atoms with Gasteiger partial charge in [0.2, 0.25) is 0 Å². The van der Waals surface area contributed by atoms with Crippen LogP contribution in [0.2, 0.25) is 10.0 Å². The van der Waals surface area contributed by atoms with Crippen LogP contribution in [0.1, 0.15) is 10.4 Å². The van der Waals surface area contributed by atoms with Gasteiger partial charge in [-0.3, -0.25) is 4.79 Å². The SMILES string of the molecule is Cc1ccc(-c2nc(Nc3cc(Cl)cc(Cl)c3)sc2CC(=O)O)cc1. The molecule has 0 spiro atoms.